The minimum Gasteiger partial charge on any atom is -0.477 e. The molecule has 3 aromatic heterocycles. The number of hydrogen-bond acceptors (Lipinski definition) is 11. The van der Waals surface area contributed by atoms with Crippen LogP contribution in [0.25, 0.3) is 44.1 Å². The first-order chi connectivity index (χ1) is 40.5. The third-order valence-electron chi connectivity index (χ3n) is 16.9. The van der Waals surface area contributed by atoms with Crippen LogP contribution in [0.4, 0.5) is 20.1 Å². The van der Waals surface area contributed by atoms with Crippen LogP contribution in [-0.4, -0.2) is 133 Å². The number of alkyl carbamates (subject to hydrolysis) is 1. The fourth-order valence-corrected chi connectivity index (χ4v) is 13.3. The van der Waals surface area contributed by atoms with E-state index in [2.05, 4.69) is 68.9 Å². The summed E-state index contributed by atoms with van der Waals surface area (Å²) >= 11 is 1.18. The second-order valence-corrected chi connectivity index (χ2v) is 24.9. The van der Waals surface area contributed by atoms with E-state index in [-0.39, 0.29) is 52.9 Å². The van der Waals surface area contributed by atoms with E-state index in [1.807, 2.05) is 75.5 Å². The second-order valence-electron chi connectivity index (χ2n) is 23.8. The highest BCUT2D eigenvalue weighted by molar-refractivity contribution is 7.18. The molecule has 444 valence electrons. The molecule has 3 aliphatic heterocycles. The molecule has 0 bridgehead atoms. The number of rotatable bonds is 17. The van der Waals surface area contributed by atoms with Crippen molar-refractivity contribution < 1.29 is 43.3 Å². The molecule has 6 amide bonds. The lowest BCUT2D eigenvalue weighted by Gasteiger charge is -2.40. The number of carbonyl (C=O) groups is 6. The average molecular weight is 1160 g/mol. The zero-order chi connectivity index (χ0) is 59.1. The summed E-state index contributed by atoms with van der Waals surface area (Å²) in [6.07, 6.45) is 11.6. The number of aromatic amines is 2. The first-order valence-electron chi connectivity index (χ1n) is 29.8. The number of piperidine rings is 1. The van der Waals surface area contributed by atoms with Gasteiger partial charge < -0.3 is 49.9 Å². The monoisotopic (exact) mass is 1160 g/mol. The molecule has 6 heterocycles. The van der Waals surface area contributed by atoms with Crippen LogP contribution in [0.15, 0.2) is 97.3 Å². The highest BCUT2D eigenvalue weighted by atomic mass is 32.1. The minimum atomic E-state index is -1.07. The number of amides is 6. The Morgan fingerprint density at radius 2 is 1.30 bits per heavy atom. The molecule has 84 heavy (non-hydrogen) atoms. The van der Waals surface area contributed by atoms with Gasteiger partial charge >= 0.3 is 24.2 Å². The number of imidazole rings is 2. The van der Waals surface area contributed by atoms with Crippen LogP contribution < -0.4 is 15.5 Å². The van der Waals surface area contributed by atoms with E-state index in [4.69, 9.17) is 14.5 Å². The molecule has 1 aliphatic carbocycles. The van der Waals surface area contributed by atoms with Crippen LogP contribution in [0.3, 0.4) is 0 Å². The van der Waals surface area contributed by atoms with Crippen molar-refractivity contribution in [2.75, 3.05) is 44.7 Å². The molecule has 0 radical (unpaired) electrons. The van der Waals surface area contributed by atoms with E-state index in [1.165, 1.54) is 18.4 Å². The van der Waals surface area contributed by atoms with E-state index in [0.717, 1.165) is 94.9 Å². The molecule has 4 aliphatic rings. The number of methoxy groups -OCH3 is 1. The van der Waals surface area contributed by atoms with Gasteiger partial charge in [0, 0.05) is 49.6 Å². The van der Waals surface area contributed by atoms with Gasteiger partial charge in [-0.25, -0.2) is 29.1 Å². The van der Waals surface area contributed by atoms with E-state index in [1.54, 1.807) is 25.8 Å². The number of H-pyrrole nitrogens is 2. The summed E-state index contributed by atoms with van der Waals surface area (Å²) in [6.45, 7) is 10.1. The van der Waals surface area contributed by atoms with Gasteiger partial charge in [0.15, 0.2) is 0 Å². The maximum atomic E-state index is 14.5. The minimum absolute atomic E-state index is 0.0321. The van der Waals surface area contributed by atoms with Crippen LogP contribution in [0.5, 0.6) is 0 Å². The number of carboxylic acids is 1. The number of carboxylic acid groups (broad SMARTS) is 1. The van der Waals surface area contributed by atoms with Gasteiger partial charge in [-0.2, -0.15) is 0 Å². The Labute approximate surface area is 494 Å². The molecular weight excluding hydrogens is 1080 g/mol. The lowest BCUT2D eigenvalue weighted by molar-refractivity contribution is -0.134. The summed E-state index contributed by atoms with van der Waals surface area (Å²) in [5.74, 6) is 0.446. The summed E-state index contributed by atoms with van der Waals surface area (Å²) in [5.41, 5.74) is 6.45. The van der Waals surface area contributed by atoms with E-state index < -0.39 is 23.7 Å². The molecule has 19 nitrogen and oxygen atoms in total. The number of unbranched alkanes of at least 4 members (excludes halogenated alkanes) is 1. The first kappa shape index (κ1) is 59.2. The van der Waals surface area contributed by atoms with Crippen molar-refractivity contribution in [2.45, 2.75) is 141 Å². The molecule has 6 aromatic rings. The van der Waals surface area contributed by atoms with Crippen molar-refractivity contribution >= 4 is 53.0 Å². The molecule has 3 saturated heterocycles. The number of hydrogen-bond donors (Lipinski definition) is 5. The number of aromatic nitrogens is 4. The van der Waals surface area contributed by atoms with E-state index >= 15 is 0 Å². The standard InChI is InChI=1S/C64H78N10O9S/c1-40-18-20-46(21-19-40)58(75)74(53-37-54(84-55(53)60(77)78)45-13-7-6-8-14-45)47-30-35-71(36-31-47)61(79)65-32-10-9-15-48(70-62(80)82-5)59(76)72-33-11-16-51(72)56-66-38-49(68-56)43-26-22-41(23-27-43)42-24-28-44(29-25-42)50-39-67-57(69-50)52-17-12-34-73(52)63(81)83-64(2,3)4/h6-8,13-14,22-29,37-40,46-48,51-52H,9-12,15-21,30-36H2,1-5H3,(H,65,79)(H,66,68)(H,67,69)(H,70,80)(H,77,78)/t40?,46?,48-,51-,52-/m0/s1. The normalized spacial score (nSPS) is 19.7. The Bertz CT molecular complexity index is 3260. The summed E-state index contributed by atoms with van der Waals surface area (Å²) in [6, 6.07) is 26.1. The van der Waals surface area contributed by atoms with E-state index in [0.29, 0.717) is 88.7 Å². The van der Waals surface area contributed by atoms with Crippen molar-refractivity contribution in [3.63, 3.8) is 0 Å². The number of ether oxygens (including phenoxy) is 2. The molecule has 1 saturated carbocycles. The number of urea groups is 1. The van der Waals surface area contributed by atoms with Crippen molar-refractivity contribution in [1.29, 1.82) is 0 Å². The number of nitrogens with one attached hydrogen (secondary N) is 4. The largest absolute Gasteiger partial charge is 0.477 e. The zero-order valence-corrected chi connectivity index (χ0v) is 49.6. The lowest BCUT2D eigenvalue weighted by Crippen LogP contribution is -2.52. The molecule has 5 N–H and O–H groups in total. The molecule has 0 spiro atoms. The smallest absolute Gasteiger partial charge is 0.410 e. The van der Waals surface area contributed by atoms with Crippen LogP contribution in [-0.2, 0) is 19.1 Å². The fraction of sp³-hybridized carbons (Fsp3) is 0.469. The van der Waals surface area contributed by atoms with Crippen LogP contribution in [0, 0.1) is 11.8 Å². The van der Waals surface area contributed by atoms with E-state index in [9.17, 15) is 33.9 Å². The Hall–Kier alpha value is -8.00. The van der Waals surface area contributed by atoms with Gasteiger partial charge in [-0.3, -0.25) is 14.5 Å². The van der Waals surface area contributed by atoms with Gasteiger partial charge in [0.2, 0.25) is 11.8 Å². The first-order valence-corrected chi connectivity index (χ1v) is 30.6. The maximum Gasteiger partial charge on any atom is 0.410 e. The summed E-state index contributed by atoms with van der Waals surface area (Å²) in [5, 5.41) is 16.2. The summed E-state index contributed by atoms with van der Waals surface area (Å²) in [7, 11) is 1.27. The summed E-state index contributed by atoms with van der Waals surface area (Å²) in [4.78, 5) is 105. The quantitative estimate of drug-likeness (QED) is 0.0539. The molecule has 0 unspecified atom stereocenters. The number of aromatic carboxylic acids is 1. The molecule has 4 fully saturated rings. The van der Waals surface area contributed by atoms with Crippen molar-refractivity contribution in [1.82, 2.24) is 45.3 Å². The number of nitrogens with zero attached hydrogens (tertiary/aromatic N) is 6. The number of benzene rings is 3. The predicted octanol–water partition coefficient (Wildman–Crippen LogP) is 12.2. The van der Waals surface area contributed by atoms with Gasteiger partial charge in [0.25, 0.3) is 0 Å². The topological polar surface area (TPSA) is 235 Å². The number of thiophene rings is 1. The fourth-order valence-electron chi connectivity index (χ4n) is 12.3. The van der Waals surface area contributed by atoms with Gasteiger partial charge in [-0.15, -0.1) is 11.3 Å². The Kier molecular flexibility index (Phi) is 18.5. The van der Waals surface area contributed by atoms with Crippen molar-refractivity contribution in [3.8, 4) is 44.1 Å². The maximum absolute atomic E-state index is 14.5. The van der Waals surface area contributed by atoms with Crippen molar-refractivity contribution in [3.05, 3.63) is 114 Å². The van der Waals surface area contributed by atoms with Crippen LogP contribution in [0.1, 0.15) is 145 Å². The van der Waals surface area contributed by atoms with Gasteiger partial charge in [-0.05, 0) is 144 Å². The molecular formula is C64H78N10O9S. The Balaban J connectivity index is 0.711. The Morgan fingerprint density at radius 1 is 0.726 bits per heavy atom. The predicted molar refractivity (Wildman–Crippen MR) is 322 cm³/mol. The van der Waals surface area contributed by atoms with Crippen LogP contribution in [0.2, 0.25) is 0 Å². The lowest BCUT2D eigenvalue weighted by atomic mass is 9.82. The number of anilines is 1. The molecule has 3 atom stereocenters. The molecule has 3 aromatic carbocycles. The van der Waals surface area contributed by atoms with Gasteiger partial charge in [-0.1, -0.05) is 85.8 Å². The SMILES string of the molecule is COC(=O)N[C@@H](CCCCNC(=O)N1CCC(N(C(=O)C2CCC(C)CC2)c2cc(-c3ccccc3)sc2C(=O)O)CC1)C(=O)N1CCC[C@H]1c1ncc(-c2ccc(-c3ccc(-c4cnc([C@@H]5CCCN5C(=O)OC(C)(C)C)[nH]4)cc3)cc2)[nH]1. The van der Waals surface area contributed by atoms with Crippen molar-refractivity contribution in [2.24, 2.45) is 11.8 Å². The highest BCUT2D eigenvalue weighted by Gasteiger charge is 2.40. The third kappa shape index (κ3) is 13.8. The number of carbonyl (C=O) groups excluding carboxylic acids is 5. The Morgan fingerprint density at radius 3 is 1.87 bits per heavy atom. The summed E-state index contributed by atoms with van der Waals surface area (Å²) < 4.78 is 10.6. The highest BCUT2D eigenvalue weighted by Crippen LogP contribution is 2.42. The second kappa shape index (κ2) is 26.3. The van der Waals surface area contributed by atoms with Gasteiger partial charge in [0.1, 0.15) is 28.2 Å². The van der Waals surface area contributed by atoms with Gasteiger partial charge in [0.05, 0.1) is 48.7 Å². The average Bonchev–Trinajstić information content (AvgIpc) is 4.12. The molecule has 10 rings (SSSR count). The molecule has 20 heteroatoms. The van der Waals surface area contributed by atoms with Crippen LogP contribution >= 0.6 is 11.3 Å². The zero-order valence-electron chi connectivity index (χ0n) is 48.7. The third-order valence-corrected chi connectivity index (χ3v) is 18.0. The number of likely N-dealkylation sites (tertiary alicyclic amines) is 3.